The summed E-state index contributed by atoms with van der Waals surface area (Å²) in [7, 11) is -2.37. The van der Waals surface area contributed by atoms with Gasteiger partial charge in [-0.1, -0.05) is 37.3 Å². The van der Waals surface area contributed by atoms with E-state index in [0.717, 1.165) is 14.8 Å². The predicted molar refractivity (Wildman–Crippen MR) is 98.3 cm³/mol. The van der Waals surface area contributed by atoms with Crippen LogP contribution in [-0.2, 0) is 10.3 Å². The number of hydrogen-bond acceptors (Lipinski definition) is 5. The van der Waals surface area contributed by atoms with Gasteiger partial charge in [-0.05, 0) is 23.8 Å². The van der Waals surface area contributed by atoms with E-state index in [9.17, 15) is 13.2 Å². The van der Waals surface area contributed by atoms with E-state index in [0.29, 0.717) is 18.5 Å². The predicted octanol–water partition coefficient (Wildman–Crippen LogP) is 3.68. The van der Waals surface area contributed by atoms with Crippen LogP contribution < -0.4 is 4.18 Å². The van der Waals surface area contributed by atoms with Crippen molar-refractivity contribution in [2.45, 2.75) is 23.5 Å². The third kappa shape index (κ3) is 3.89. The van der Waals surface area contributed by atoms with Crippen LogP contribution in [0.5, 0.6) is 5.75 Å². The summed E-state index contributed by atoms with van der Waals surface area (Å²) in [5.41, 5.74) is 1.70. The van der Waals surface area contributed by atoms with Crippen molar-refractivity contribution in [3.8, 4) is 5.75 Å². The molecular formula is C18H19NO4S2. The summed E-state index contributed by atoms with van der Waals surface area (Å²) in [4.78, 5) is 13.2. The maximum absolute atomic E-state index is 12.4. The Kier molecular flexibility index (Phi) is 5.17. The van der Waals surface area contributed by atoms with Crippen molar-refractivity contribution in [2.75, 3.05) is 13.6 Å². The molecule has 0 saturated carbocycles. The van der Waals surface area contributed by atoms with E-state index in [2.05, 4.69) is 0 Å². The minimum Gasteiger partial charge on any atom is -0.371 e. The largest absolute Gasteiger partial charge is 0.384 e. The number of benzene rings is 2. The van der Waals surface area contributed by atoms with Crippen molar-refractivity contribution < 1.29 is 17.4 Å². The van der Waals surface area contributed by atoms with E-state index >= 15 is 0 Å². The molecule has 0 aromatic heterocycles. The SMILES string of the molecule is CCN(C)S(=O)(=O)Oc1ccc2c(c1)S[C@@H](c1ccccc1)CC2=O. The number of rotatable bonds is 5. The van der Waals surface area contributed by atoms with Gasteiger partial charge in [0.05, 0.1) is 0 Å². The average molecular weight is 377 g/mol. The summed E-state index contributed by atoms with van der Waals surface area (Å²) >= 11 is 1.56. The molecule has 0 amide bonds. The first-order valence-electron chi connectivity index (χ1n) is 7.95. The summed E-state index contributed by atoms with van der Waals surface area (Å²) in [5.74, 6) is 0.274. The number of nitrogens with zero attached hydrogens (tertiary/aromatic N) is 1. The fourth-order valence-corrected chi connectivity index (χ4v) is 4.67. The molecule has 1 heterocycles. The van der Waals surface area contributed by atoms with E-state index in [-0.39, 0.29) is 16.8 Å². The molecule has 1 atom stereocenters. The van der Waals surface area contributed by atoms with Crippen LogP contribution in [0, 0.1) is 0 Å². The zero-order chi connectivity index (χ0) is 18.0. The van der Waals surface area contributed by atoms with Crippen molar-refractivity contribution in [2.24, 2.45) is 0 Å². The second-order valence-corrected chi connectivity index (χ2v) is 8.65. The van der Waals surface area contributed by atoms with E-state index in [1.807, 2.05) is 30.3 Å². The molecule has 0 N–H and O–H groups in total. The van der Waals surface area contributed by atoms with Crippen molar-refractivity contribution in [3.05, 3.63) is 59.7 Å². The zero-order valence-electron chi connectivity index (χ0n) is 14.0. The highest BCUT2D eigenvalue weighted by Crippen LogP contribution is 2.45. The lowest BCUT2D eigenvalue weighted by Crippen LogP contribution is -2.30. The van der Waals surface area contributed by atoms with Crippen molar-refractivity contribution in [3.63, 3.8) is 0 Å². The van der Waals surface area contributed by atoms with Crippen LogP contribution in [0.2, 0.25) is 0 Å². The van der Waals surface area contributed by atoms with Crippen LogP contribution >= 0.6 is 11.8 Å². The Balaban J connectivity index is 1.88. The lowest BCUT2D eigenvalue weighted by Gasteiger charge is -2.24. The lowest BCUT2D eigenvalue weighted by atomic mass is 10.0. The average Bonchev–Trinajstić information content (AvgIpc) is 2.61. The maximum atomic E-state index is 12.4. The number of hydrogen-bond donors (Lipinski definition) is 0. The summed E-state index contributed by atoms with van der Waals surface area (Å²) in [5, 5.41) is 0.0198. The van der Waals surface area contributed by atoms with Gasteiger partial charge in [0.15, 0.2) is 5.78 Å². The fourth-order valence-electron chi connectivity index (χ4n) is 2.55. The quantitative estimate of drug-likeness (QED) is 0.795. The fraction of sp³-hybridized carbons (Fsp3) is 0.278. The minimum absolute atomic E-state index is 0.0198. The molecule has 5 nitrogen and oxygen atoms in total. The van der Waals surface area contributed by atoms with E-state index in [4.69, 9.17) is 4.18 Å². The first kappa shape index (κ1) is 18.0. The van der Waals surface area contributed by atoms with Crippen LogP contribution in [0.4, 0.5) is 0 Å². The molecule has 0 radical (unpaired) electrons. The number of carbonyl (C=O) groups excluding carboxylic acids is 1. The topological polar surface area (TPSA) is 63.7 Å². The summed E-state index contributed by atoms with van der Waals surface area (Å²) in [6.07, 6.45) is 0.429. The molecule has 0 spiro atoms. The number of ketones is 1. The molecule has 25 heavy (non-hydrogen) atoms. The number of thioether (sulfide) groups is 1. The molecule has 0 aliphatic carbocycles. The van der Waals surface area contributed by atoms with Gasteiger partial charge in [0.1, 0.15) is 5.75 Å². The third-order valence-corrected chi connectivity index (χ3v) is 6.83. The highest BCUT2D eigenvalue weighted by Gasteiger charge is 2.28. The first-order valence-corrected chi connectivity index (χ1v) is 10.2. The van der Waals surface area contributed by atoms with Crippen LogP contribution in [0.3, 0.4) is 0 Å². The molecular weight excluding hydrogens is 358 g/mol. The van der Waals surface area contributed by atoms with Crippen molar-refractivity contribution in [1.82, 2.24) is 4.31 Å². The van der Waals surface area contributed by atoms with E-state index < -0.39 is 10.3 Å². The Morgan fingerprint density at radius 2 is 1.92 bits per heavy atom. The number of fused-ring (bicyclic) bond motifs is 1. The molecule has 1 aliphatic heterocycles. The summed E-state index contributed by atoms with van der Waals surface area (Å²) in [6, 6.07) is 14.6. The Hall–Kier alpha value is -1.83. The Bertz CT molecular complexity index is 881. The zero-order valence-corrected chi connectivity index (χ0v) is 15.6. The van der Waals surface area contributed by atoms with Gasteiger partial charge < -0.3 is 4.18 Å². The molecule has 132 valence electrons. The van der Waals surface area contributed by atoms with Crippen LogP contribution in [-0.4, -0.2) is 32.1 Å². The summed E-state index contributed by atoms with van der Waals surface area (Å²) < 4.78 is 30.5. The van der Waals surface area contributed by atoms with Gasteiger partial charge in [0, 0.05) is 35.7 Å². The Morgan fingerprint density at radius 1 is 1.20 bits per heavy atom. The van der Waals surface area contributed by atoms with Gasteiger partial charge >= 0.3 is 10.3 Å². The van der Waals surface area contributed by atoms with Gasteiger partial charge in [-0.25, -0.2) is 0 Å². The van der Waals surface area contributed by atoms with E-state index in [1.165, 1.54) is 13.1 Å². The number of Topliss-reactive ketones (excluding diaryl/α,β-unsaturated/α-hetero) is 1. The molecule has 1 aliphatic rings. The standard InChI is InChI=1S/C18H19NO4S2/c1-3-19(2)25(21,22)23-14-9-10-15-16(20)12-17(24-18(15)11-14)13-7-5-4-6-8-13/h4-11,17H,3,12H2,1-2H3/t17-/m1/s1. The van der Waals surface area contributed by atoms with Crippen molar-refractivity contribution in [1.29, 1.82) is 0 Å². The monoisotopic (exact) mass is 377 g/mol. The van der Waals surface area contributed by atoms with Crippen LogP contribution in [0.1, 0.15) is 34.5 Å². The van der Waals surface area contributed by atoms with Gasteiger partial charge in [0.2, 0.25) is 0 Å². The molecule has 0 bridgehead atoms. The normalized spacial score (nSPS) is 17.4. The van der Waals surface area contributed by atoms with Gasteiger partial charge in [-0.2, -0.15) is 12.7 Å². The molecule has 0 unspecified atom stereocenters. The molecule has 3 rings (SSSR count). The first-order chi connectivity index (χ1) is 11.9. The third-order valence-electron chi connectivity index (χ3n) is 4.09. The van der Waals surface area contributed by atoms with E-state index in [1.54, 1.807) is 30.8 Å². The molecule has 2 aromatic rings. The smallest absolute Gasteiger partial charge is 0.371 e. The lowest BCUT2D eigenvalue weighted by molar-refractivity contribution is 0.0976. The van der Waals surface area contributed by atoms with Crippen molar-refractivity contribution >= 4 is 27.8 Å². The molecule has 0 saturated heterocycles. The molecule has 7 heteroatoms. The van der Waals surface area contributed by atoms with Crippen LogP contribution in [0.25, 0.3) is 0 Å². The Labute approximate surface area is 152 Å². The Morgan fingerprint density at radius 3 is 2.60 bits per heavy atom. The molecule has 2 aromatic carbocycles. The van der Waals surface area contributed by atoms with Crippen LogP contribution in [0.15, 0.2) is 53.4 Å². The highest BCUT2D eigenvalue weighted by atomic mass is 32.2. The second kappa shape index (κ2) is 7.19. The van der Waals surface area contributed by atoms with Gasteiger partial charge in [0.25, 0.3) is 0 Å². The van der Waals surface area contributed by atoms with Gasteiger partial charge in [-0.15, -0.1) is 11.8 Å². The number of carbonyl (C=O) groups is 1. The molecule has 0 fully saturated rings. The van der Waals surface area contributed by atoms with Gasteiger partial charge in [-0.3, -0.25) is 4.79 Å². The highest BCUT2D eigenvalue weighted by molar-refractivity contribution is 7.99. The second-order valence-electron chi connectivity index (χ2n) is 5.76. The summed E-state index contributed by atoms with van der Waals surface area (Å²) in [6.45, 7) is 2.04. The minimum atomic E-state index is -3.83. The maximum Gasteiger partial charge on any atom is 0.384 e.